The van der Waals surface area contributed by atoms with Crippen molar-refractivity contribution in [3.05, 3.63) is 33.8 Å². The summed E-state index contributed by atoms with van der Waals surface area (Å²) in [6.45, 7) is 2.38. The largest absolute Gasteiger partial charge is 0.388 e. The number of ketones is 1. The minimum atomic E-state index is -0.549. The van der Waals surface area contributed by atoms with Crippen molar-refractivity contribution in [1.29, 1.82) is 0 Å². The van der Waals surface area contributed by atoms with E-state index in [9.17, 15) is 9.90 Å². The number of likely N-dealkylation sites (tertiary alicyclic amines) is 1. The fraction of sp³-hybridized carbons (Fsp3) is 0.500. The molecule has 3 nitrogen and oxygen atoms in total. The maximum atomic E-state index is 11.1. The standard InChI is InChI=1S/C14H17Cl2NO2/c15-12-2-1-10(9-13(12)16)14(19)5-8-17-6-3-11(18)4-7-17/h1-2,9,14,19H,3-8H2. The lowest BCUT2D eigenvalue weighted by Gasteiger charge is -2.26. The minimum Gasteiger partial charge on any atom is -0.388 e. The molecule has 1 aliphatic rings. The highest BCUT2D eigenvalue weighted by molar-refractivity contribution is 6.42. The lowest BCUT2D eigenvalue weighted by Crippen LogP contribution is -2.35. The van der Waals surface area contributed by atoms with Crippen LogP contribution >= 0.6 is 23.2 Å². The highest BCUT2D eigenvalue weighted by Gasteiger charge is 2.17. The molecule has 1 unspecified atom stereocenters. The van der Waals surface area contributed by atoms with Gasteiger partial charge in [-0.15, -0.1) is 0 Å². The number of halogens is 2. The number of benzene rings is 1. The molecule has 0 amide bonds. The number of carbonyl (C=O) groups excluding carboxylic acids is 1. The van der Waals surface area contributed by atoms with Gasteiger partial charge < -0.3 is 10.0 Å². The summed E-state index contributed by atoms with van der Waals surface area (Å²) in [6, 6.07) is 5.19. The molecule has 1 heterocycles. The number of hydrogen-bond acceptors (Lipinski definition) is 3. The Balaban J connectivity index is 1.85. The molecule has 0 saturated carbocycles. The van der Waals surface area contributed by atoms with Crippen molar-refractivity contribution in [1.82, 2.24) is 4.90 Å². The van der Waals surface area contributed by atoms with E-state index in [1.807, 2.05) is 0 Å². The van der Waals surface area contributed by atoms with E-state index in [1.54, 1.807) is 18.2 Å². The van der Waals surface area contributed by atoms with Gasteiger partial charge in [-0.2, -0.15) is 0 Å². The van der Waals surface area contributed by atoms with Gasteiger partial charge in [-0.25, -0.2) is 0 Å². The molecule has 104 valence electrons. The molecule has 2 rings (SSSR count). The summed E-state index contributed by atoms with van der Waals surface area (Å²) in [6.07, 6.45) is 1.34. The summed E-state index contributed by atoms with van der Waals surface area (Å²) in [7, 11) is 0. The molecular formula is C14H17Cl2NO2. The van der Waals surface area contributed by atoms with E-state index in [1.165, 1.54) is 0 Å². The Morgan fingerprint density at radius 1 is 1.21 bits per heavy atom. The molecule has 1 fully saturated rings. The van der Waals surface area contributed by atoms with Crippen LogP contribution in [0.1, 0.15) is 30.9 Å². The molecule has 1 aliphatic heterocycles. The summed E-state index contributed by atoms with van der Waals surface area (Å²) in [5, 5.41) is 11.1. The van der Waals surface area contributed by atoms with E-state index in [2.05, 4.69) is 4.90 Å². The van der Waals surface area contributed by atoms with Gasteiger partial charge in [0.1, 0.15) is 5.78 Å². The first-order valence-corrected chi connectivity index (χ1v) is 7.19. The van der Waals surface area contributed by atoms with E-state index in [0.717, 1.165) is 25.2 Å². The van der Waals surface area contributed by atoms with Crippen LogP contribution in [-0.2, 0) is 4.79 Å². The topological polar surface area (TPSA) is 40.5 Å². The molecule has 1 aromatic carbocycles. The number of hydrogen-bond donors (Lipinski definition) is 1. The predicted molar refractivity (Wildman–Crippen MR) is 76.7 cm³/mol. The van der Waals surface area contributed by atoms with Gasteiger partial charge in [-0.3, -0.25) is 4.79 Å². The van der Waals surface area contributed by atoms with Gasteiger partial charge in [0.2, 0.25) is 0 Å². The van der Waals surface area contributed by atoms with Gasteiger partial charge >= 0.3 is 0 Å². The average Bonchev–Trinajstić information content (AvgIpc) is 2.41. The summed E-state index contributed by atoms with van der Waals surface area (Å²) in [4.78, 5) is 13.3. The zero-order valence-electron chi connectivity index (χ0n) is 10.6. The third-order valence-electron chi connectivity index (χ3n) is 3.46. The molecule has 1 N–H and O–H groups in total. The molecule has 1 saturated heterocycles. The van der Waals surface area contributed by atoms with Crippen LogP contribution in [0.5, 0.6) is 0 Å². The molecule has 1 aromatic rings. The molecule has 19 heavy (non-hydrogen) atoms. The van der Waals surface area contributed by atoms with Crippen LogP contribution in [0.2, 0.25) is 10.0 Å². The van der Waals surface area contributed by atoms with Crippen LogP contribution in [-0.4, -0.2) is 35.4 Å². The Labute approximate surface area is 123 Å². The predicted octanol–water partition coefficient (Wildman–Crippen LogP) is 3.08. The Kier molecular flexibility index (Phi) is 5.22. The number of piperidine rings is 1. The molecule has 0 radical (unpaired) electrons. The van der Waals surface area contributed by atoms with Crippen LogP contribution in [0.25, 0.3) is 0 Å². The smallest absolute Gasteiger partial charge is 0.135 e. The van der Waals surface area contributed by atoms with Gasteiger partial charge in [0.25, 0.3) is 0 Å². The SMILES string of the molecule is O=C1CCN(CCC(O)c2ccc(Cl)c(Cl)c2)CC1. The van der Waals surface area contributed by atoms with Crippen LogP contribution in [0, 0.1) is 0 Å². The summed E-state index contributed by atoms with van der Waals surface area (Å²) >= 11 is 11.8. The van der Waals surface area contributed by atoms with E-state index >= 15 is 0 Å². The summed E-state index contributed by atoms with van der Waals surface area (Å²) in [5.41, 5.74) is 0.780. The second kappa shape index (κ2) is 6.71. The van der Waals surface area contributed by atoms with Gasteiger partial charge in [-0.1, -0.05) is 29.3 Å². The van der Waals surface area contributed by atoms with E-state index in [-0.39, 0.29) is 0 Å². The lowest BCUT2D eigenvalue weighted by molar-refractivity contribution is -0.121. The van der Waals surface area contributed by atoms with Crippen LogP contribution in [0.15, 0.2) is 18.2 Å². The fourth-order valence-electron chi connectivity index (χ4n) is 2.22. The fourth-order valence-corrected chi connectivity index (χ4v) is 2.52. The zero-order chi connectivity index (χ0) is 13.8. The molecule has 0 spiro atoms. The zero-order valence-corrected chi connectivity index (χ0v) is 12.1. The van der Waals surface area contributed by atoms with E-state index in [4.69, 9.17) is 23.2 Å². The van der Waals surface area contributed by atoms with Crippen LogP contribution in [0.4, 0.5) is 0 Å². The molecule has 0 aliphatic carbocycles. The van der Waals surface area contributed by atoms with Crippen molar-refractivity contribution < 1.29 is 9.90 Å². The van der Waals surface area contributed by atoms with Crippen LogP contribution in [0.3, 0.4) is 0 Å². The Morgan fingerprint density at radius 3 is 2.53 bits per heavy atom. The van der Waals surface area contributed by atoms with Crippen molar-refractivity contribution in [3.8, 4) is 0 Å². The first-order valence-electron chi connectivity index (χ1n) is 6.43. The van der Waals surface area contributed by atoms with Gasteiger partial charge in [0.15, 0.2) is 0 Å². The normalized spacial score (nSPS) is 18.6. The number of aliphatic hydroxyl groups excluding tert-OH is 1. The second-order valence-corrected chi connectivity index (χ2v) is 5.67. The first-order chi connectivity index (χ1) is 9.06. The number of nitrogens with zero attached hydrogens (tertiary/aromatic N) is 1. The van der Waals surface area contributed by atoms with Crippen molar-refractivity contribution in [2.24, 2.45) is 0 Å². The minimum absolute atomic E-state index is 0.335. The average molecular weight is 302 g/mol. The number of carbonyl (C=O) groups is 1. The van der Waals surface area contributed by atoms with Crippen molar-refractivity contribution in [3.63, 3.8) is 0 Å². The summed E-state index contributed by atoms with van der Waals surface area (Å²) in [5.74, 6) is 0.335. The van der Waals surface area contributed by atoms with Crippen molar-refractivity contribution in [2.45, 2.75) is 25.4 Å². The number of aliphatic hydroxyl groups is 1. The van der Waals surface area contributed by atoms with Crippen LogP contribution < -0.4 is 0 Å². The quantitative estimate of drug-likeness (QED) is 0.929. The third-order valence-corrected chi connectivity index (χ3v) is 4.20. The maximum absolute atomic E-state index is 11.1. The van der Waals surface area contributed by atoms with Gasteiger partial charge in [0, 0.05) is 32.5 Å². The molecule has 5 heteroatoms. The summed E-state index contributed by atoms with van der Waals surface area (Å²) < 4.78 is 0. The van der Waals surface area contributed by atoms with Gasteiger partial charge in [-0.05, 0) is 24.1 Å². The second-order valence-electron chi connectivity index (χ2n) is 4.86. The van der Waals surface area contributed by atoms with Crippen molar-refractivity contribution >= 4 is 29.0 Å². The Hall–Kier alpha value is -0.610. The Bertz CT molecular complexity index is 455. The number of Topliss-reactive ketones (excluding diaryl/α,β-unsaturated/α-hetero) is 1. The van der Waals surface area contributed by atoms with Crippen molar-refractivity contribution in [2.75, 3.05) is 19.6 Å². The maximum Gasteiger partial charge on any atom is 0.135 e. The van der Waals surface area contributed by atoms with E-state index in [0.29, 0.717) is 35.1 Å². The molecular weight excluding hydrogens is 285 g/mol. The first kappa shape index (κ1) is 14.8. The number of rotatable bonds is 4. The third kappa shape index (κ3) is 4.18. The molecule has 0 bridgehead atoms. The van der Waals surface area contributed by atoms with Gasteiger partial charge in [0.05, 0.1) is 16.1 Å². The van der Waals surface area contributed by atoms with E-state index < -0.39 is 6.10 Å². The highest BCUT2D eigenvalue weighted by Crippen LogP contribution is 2.27. The monoisotopic (exact) mass is 301 g/mol. The highest BCUT2D eigenvalue weighted by atomic mass is 35.5. The molecule has 1 atom stereocenters. The lowest BCUT2D eigenvalue weighted by atomic mass is 10.0. The molecule has 0 aromatic heterocycles. The Morgan fingerprint density at radius 2 is 1.89 bits per heavy atom.